The van der Waals surface area contributed by atoms with E-state index < -0.39 is 0 Å². The standard InChI is InChI=1S/2C2H5.2CH4O.2CH3.2W/c4*1-2;;;;/h2*1H2,2H3;2*2H,1H3;2*1H3;;/q2*-1;;;2*-1;2*+2. The van der Waals surface area contributed by atoms with Crippen LogP contribution in [0.5, 0.6) is 0 Å². The Hall–Kier alpha value is 1.30. The fraction of sp³-hybridized carbons (Fsp3) is 0.500. The molecule has 12 heavy (non-hydrogen) atoms. The summed E-state index contributed by atoms with van der Waals surface area (Å²) in [4.78, 5) is 0. The van der Waals surface area contributed by atoms with Crippen LogP contribution in [0.15, 0.2) is 0 Å². The Morgan fingerprint density at radius 3 is 0.583 bits per heavy atom. The molecule has 0 radical (unpaired) electrons. The predicted molar refractivity (Wildman–Crippen MR) is 51.2 cm³/mol. The maximum absolute atomic E-state index is 7.00. The molecule has 0 aromatic heterocycles. The Bertz CT molecular complexity index is 15.0. The molecule has 0 saturated carbocycles. The van der Waals surface area contributed by atoms with E-state index in [1.807, 2.05) is 0 Å². The molecule has 0 atom stereocenters. The molecule has 2 nitrogen and oxygen atoms in total. The number of hydrogen-bond donors (Lipinski definition) is 2. The molecule has 0 rings (SSSR count). The van der Waals surface area contributed by atoms with Crippen LogP contribution < -0.4 is 0 Å². The van der Waals surface area contributed by atoms with Gasteiger partial charge in [0.05, 0.1) is 0 Å². The molecule has 0 aromatic carbocycles. The van der Waals surface area contributed by atoms with Gasteiger partial charge in [0.2, 0.25) is 0 Å². The number of hydrogen-bond acceptors (Lipinski definition) is 2. The van der Waals surface area contributed by atoms with Crippen LogP contribution in [0.25, 0.3) is 0 Å². The van der Waals surface area contributed by atoms with Crippen molar-refractivity contribution < 1.29 is 52.3 Å². The number of rotatable bonds is 0. The topological polar surface area (TPSA) is 40.5 Å². The van der Waals surface area contributed by atoms with Crippen LogP contribution in [0.1, 0.15) is 13.8 Å². The molecule has 0 bridgehead atoms. The maximum atomic E-state index is 7.00. The first-order valence-corrected chi connectivity index (χ1v) is 2.31. The van der Waals surface area contributed by atoms with E-state index in [4.69, 9.17) is 10.2 Å². The van der Waals surface area contributed by atoms with Gasteiger partial charge in [-0.25, -0.2) is 0 Å². The first-order chi connectivity index (χ1) is 4.00. The van der Waals surface area contributed by atoms with Gasteiger partial charge >= 0.3 is 42.1 Å². The minimum Gasteiger partial charge on any atom is -0.400 e. The van der Waals surface area contributed by atoms with Crippen LogP contribution >= 0.6 is 0 Å². The molecule has 0 aliphatic carbocycles. The summed E-state index contributed by atoms with van der Waals surface area (Å²) in [5.74, 6) is 0. The van der Waals surface area contributed by atoms with Gasteiger partial charge in [0, 0.05) is 14.2 Å². The third kappa shape index (κ3) is 712. The monoisotopic (exact) mass is 520 g/mol. The molecular weight excluding hydrogens is 496 g/mol. The summed E-state index contributed by atoms with van der Waals surface area (Å²) in [6, 6.07) is 0. The molecular formula is C8H24O2W2. The molecule has 0 saturated heterocycles. The van der Waals surface area contributed by atoms with Gasteiger partial charge in [-0.15, -0.1) is 0 Å². The van der Waals surface area contributed by atoms with Gasteiger partial charge in [0.1, 0.15) is 0 Å². The summed E-state index contributed by atoms with van der Waals surface area (Å²) in [6.45, 7) is 10.0. The molecule has 0 aromatic rings. The molecule has 2 N–H and O–H groups in total. The summed E-state index contributed by atoms with van der Waals surface area (Å²) in [5, 5.41) is 14.0. The van der Waals surface area contributed by atoms with Gasteiger partial charge in [-0.3, -0.25) is 0 Å². The fourth-order valence-corrected chi connectivity index (χ4v) is 0. The number of aliphatic hydroxyl groups excluding tert-OH is 2. The summed E-state index contributed by atoms with van der Waals surface area (Å²) in [5.41, 5.74) is 0. The van der Waals surface area contributed by atoms with E-state index in [2.05, 4.69) is 13.8 Å². The van der Waals surface area contributed by atoms with Gasteiger partial charge in [-0.1, -0.05) is 0 Å². The van der Waals surface area contributed by atoms with Crippen molar-refractivity contribution in [2.45, 2.75) is 13.8 Å². The first-order valence-electron chi connectivity index (χ1n) is 2.31. The average molecular weight is 520 g/mol. The smallest absolute Gasteiger partial charge is 0.400 e. The Labute approximate surface area is 109 Å². The largest absolute Gasteiger partial charge is 2.00 e. The van der Waals surface area contributed by atoms with Crippen LogP contribution in [0.2, 0.25) is 0 Å². The van der Waals surface area contributed by atoms with Crippen LogP contribution in [-0.4, -0.2) is 24.4 Å². The molecule has 0 aliphatic rings. The van der Waals surface area contributed by atoms with E-state index in [0.29, 0.717) is 0 Å². The van der Waals surface area contributed by atoms with Crippen molar-refractivity contribution in [2.75, 3.05) is 14.2 Å². The van der Waals surface area contributed by atoms with Crippen molar-refractivity contribution in [3.8, 4) is 0 Å². The van der Waals surface area contributed by atoms with Gasteiger partial charge < -0.3 is 38.9 Å². The second-order valence-electron chi connectivity index (χ2n) is 0. The normalized spacial score (nSPS) is 2.00. The van der Waals surface area contributed by atoms with Crippen molar-refractivity contribution in [1.82, 2.24) is 0 Å². The summed E-state index contributed by atoms with van der Waals surface area (Å²) >= 11 is 0. The van der Waals surface area contributed by atoms with E-state index in [-0.39, 0.29) is 57.0 Å². The summed E-state index contributed by atoms with van der Waals surface area (Å²) < 4.78 is 0. The zero-order valence-electron chi connectivity index (χ0n) is 9.13. The molecule has 80 valence electrons. The molecule has 0 fully saturated rings. The quantitative estimate of drug-likeness (QED) is 0.479. The second kappa shape index (κ2) is 933. The third-order valence-corrected chi connectivity index (χ3v) is 0. The van der Waals surface area contributed by atoms with Crippen molar-refractivity contribution in [2.24, 2.45) is 0 Å². The van der Waals surface area contributed by atoms with Gasteiger partial charge in [-0.05, 0) is 0 Å². The van der Waals surface area contributed by atoms with Crippen molar-refractivity contribution >= 4 is 0 Å². The van der Waals surface area contributed by atoms with Crippen molar-refractivity contribution in [3.05, 3.63) is 28.7 Å². The van der Waals surface area contributed by atoms with Crippen molar-refractivity contribution in [1.29, 1.82) is 0 Å². The Balaban J connectivity index is -0.00000000267. The van der Waals surface area contributed by atoms with Crippen LogP contribution in [0, 0.1) is 28.7 Å². The van der Waals surface area contributed by atoms with Crippen molar-refractivity contribution in [3.63, 3.8) is 0 Å². The summed E-state index contributed by atoms with van der Waals surface area (Å²) in [7, 11) is 2.00. The van der Waals surface area contributed by atoms with E-state index in [0.717, 1.165) is 14.2 Å². The average Bonchev–Trinajstić information content (AvgIpc) is 2.03. The Morgan fingerprint density at radius 1 is 0.583 bits per heavy atom. The fourth-order valence-electron chi connectivity index (χ4n) is 0. The maximum Gasteiger partial charge on any atom is 2.00 e. The van der Waals surface area contributed by atoms with E-state index in [1.54, 1.807) is 13.8 Å². The summed E-state index contributed by atoms with van der Waals surface area (Å²) in [6.07, 6.45) is 0. The number of aliphatic hydroxyl groups is 2. The molecule has 0 unspecified atom stereocenters. The third-order valence-electron chi connectivity index (χ3n) is 0. The van der Waals surface area contributed by atoms with Crippen LogP contribution in [-0.2, 0) is 42.1 Å². The van der Waals surface area contributed by atoms with Gasteiger partial charge in [-0.2, -0.15) is 13.8 Å². The van der Waals surface area contributed by atoms with Crippen LogP contribution in [0.4, 0.5) is 0 Å². The minimum atomic E-state index is 0. The van der Waals surface area contributed by atoms with E-state index in [9.17, 15) is 0 Å². The molecule has 0 spiro atoms. The first kappa shape index (κ1) is 71.7. The zero-order valence-corrected chi connectivity index (χ0v) is 15.0. The molecule has 0 heterocycles. The molecule has 0 amide bonds. The minimum absolute atomic E-state index is 0. The predicted octanol–water partition coefficient (Wildman–Crippen LogP) is 1.79. The zero-order chi connectivity index (χ0) is 8.00. The molecule has 0 aliphatic heterocycles. The van der Waals surface area contributed by atoms with Gasteiger partial charge in [0.15, 0.2) is 0 Å². The second-order valence-corrected chi connectivity index (χ2v) is 0. The SMILES string of the molecule is CO.CO.[CH2-]C.[CH2-]C.[CH3-].[CH3-].[W+2].[W+2]. The molecule has 4 heteroatoms. The van der Waals surface area contributed by atoms with Gasteiger partial charge in [0.25, 0.3) is 0 Å². The van der Waals surface area contributed by atoms with E-state index >= 15 is 0 Å². The van der Waals surface area contributed by atoms with Crippen LogP contribution in [0.3, 0.4) is 0 Å². The Morgan fingerprint density at radius 2 is 0.583 bits per heavy atom. The Kier molecular flexibility index (Phi) is 5570. The van der Waals surface area contributed by atoms with E-state index in [1.165, 1.54) is 0 Å².